The zero-order valence-corrected chi connectivity index (χ0v) is 13.3. The molecule has 1 N–H and O–H groups in total. The molecule has 1 aromatic rings. The Morgan fingerprint density at radius 3 is 3.05 bits per heavy atom. The maximum atomic E-state index is 5.62. The molecule has 21 heavy (non-hydrogen) atoms. The van der Waals surface area contributed by atoms with Crippen LogP contribution in [-0.4, -0.2) is 55.5 Å². The lowest BCUT2D eigenvalue weighted by Gasteiger charge is -2.36. The molecular formula is C15H26N4O2. The van der Waals surface area contributed by atoms with Crippen LogP contribution in [0.3, 0.4) is 0 Å². The van der Waals surface area contributed by atoms with Gasteiger partial charge in [-0.05, 0) is 26.8 Å². The minimum Gasteiger partial charge on any atom is -0.478 e. The average Bonchev–Trinajstić information content (AvgIpc) is 2.48. The monoisotopic (exact) mass is 294 g/mol. The molecule has 0 amide bonds. The first-order valence-electron chi connectivity index (χ1n) is 7.78. The number of ether oxygens (including phenoxy) is 2. The van der Waals surface area contributed by atoms with Gasteiger partial charge in [0, 0.05) is 19.2 Å². The van der Waals surface area contributed by atoms with Crippen LogP contribution in [0.2, 0.25) is 0 Å². The van der Waals surface area contributed by atoms with Crippen LogP contribution in [0.5, 0.6) is 5.88 Å². The second-order valence-electron chi connectivity index (χ2n) is 5.17. The van der Waals surface area contributed by atoms with Gasteiger partial charge in [-0.15, -0.1) is 0 Å². The lowest BCUT2D eigenvalue weighted by Crippen LogP contribution is -2.51. The van der Waals surface area contributed by atoms with Gasteiger partial charge in [-0.2, -0.15) is 4.98 Å². The van der Waals surface area contributed by atoms with E-state index < -0.39 is 0 Å². The third-order valence-corrected chi connectivity index (χ3v) is 3.42. The number of rotatable bonds is 7. The summed E-state index contributed by atoms with van der Waals surface area (Å²) < 4.78 is 11.1. The topological polar surface area (TPSA) is 59.5 Å². The van der Waals surface area contributed by atoms with Crippen molar-refractivity contribution < 1.29 is 9.47 Å². The van der Waals surface area contributed by atoms with Crippen LogP contribution in [-0.2, 0) is 4.74 Å². The molecule has 0 bridgehead atoms. The molecule has 2 heterocycles. The molecule has 1 saturated heterocycles. The Morgan fingerprint density at radius 2 is 2.29 bits per heavy atom. The zero-order valence-electron chi connectivity index (χ0n) is 13.3. The van der Waals surface area contributed by atoms with E-state index in [0.717, 1.165) is 50.9 Å². The largest absolute Gasteiger partial charge is 0.478 e. The van der Waals surface area contributed by atoms with E-state index in [-0.39, 0.29) is 0 Å². The number of aryl methyl sites for hydroxylation is 1. The van der Waals surface area contributed by atoms with Crippen LogP contribution in [0.1, 0.15) is 26.1 Å². The van der Waals surface area contributed by atoms with Gasteiger partial charge >= 0.3 is 0 Å². The van der Waals surface area contributed by atoms with Crippen LogP contribution in [0.25, 0.3) is 0 Å². The Bertz CT molecular complexity index is 442. The number of anilines is 1. The Morgan fingerprint density at radius 1 is 1.43 bits per heavy atom. The molecule has 1 atom stereocenters. The molecule has 0 saturated carbocycles. The quantitative estimate of drug-likeness (QED) is 0.767. The summed E-state index contributed by atoms with van der Waals surface area (Å²) in [5.41, 5.74) is 0. The first-order chi connectivity index (χ1) is 10.2. The van der Waals surface area contributed by atoms with E-state index in [0.29, 0.717) is 18.5 Å². The fourth-order valence-electron chi connectivity index (χ4n) is 2.47. The fraction of sp³-hybridized carbons (Fsp3) is 0.733. The van der Waals surface area contributed by atoms with Crippen LogP contribution < -0.4 is 15.0 Å². The Hall–Kier alpha value is -1.40. The lowest BCUT2D eigenvalue weighted by atomic mass is 10.2. The summed E-state index contributed by atoms with van der Waals surface area (Å²) in [6, 6.07) is 2.23. The number of nitrogens with zero attached hydrogens (tertiary/aromatic N) is 3. The first-order valence-corrected chi connectivity index (χ1v) is 7.78. The van der Waals surface area contributed by atoms with E-state index in [1.165, 1.54) is 0 Å². The third kappa shape index (κ3) is 4.54. The van der Waals surface area contributed by atoms with Crippen molar-refractivity contribution >= 4 is 5.82 Å². The highest BCUT2D eigenvalue weighted by atomic mass is 16.5. The van der Waals surface area contributed by atoms with Gasteiger partial charge < -0.3 is 19.7 Å². The average molecular weight is 294 g/mol. The predicted molar refractivity (Wildman–Crippen MR) is 83.1 cm³/mol. The number of aromatic nitrogens is 2. The summed E-state index contributed by atoms with van der Waals surface area (Å²) in [5, 5.41) is 3.46. The minimum atomic E-state index is 0.300. The minimum absolute atomic E-state index is 0.300. The van der Waals surface area contributed by atoms with E-state index >= 15 is 0 Å². The first kappa shape index (κ1) is 16.0. The molecule has 0 aliphatic carbocycles. The summed E-state index contributed by atoms with van der Waals surface area (Å²) in [4.78, 5) is 11.2. The SMILES string of the molecule is CCCNCC1COCCN1c1cc(OCC)nc(C)n1. The number of nitrogens with one attached hydrogen (secondary N) is 1. The van der Waals surface area contributed by atoms with E-state index in [9.17, 15) is 0 Å². The molecule has 1 aromatic heterocycles. The Labute approximate surface area is 126 Å². The Balaban J connectivity index is 2.12. The number of hydrogen-bond acceptors (Lipinski definition) is 6. The van der Waals surface area contributed by atoms with Gasteiger partial charge in [0.15, 0.2) is 0 Å². The highest BCUT2D eigenvalue weighted by molar-refractivity contribution is 5.43. The molecule has 0 spiro atoms. The summed E-state index contributed by atoms with van der Waals surface area (Å²) >= 11 is 0. The molecule has 0 radical (unpaired) electrons. The van der Waals surface area contributed by atoms with Crippen molar-refractivity contribution in [3.63, 3.8) is 0 Å². The van der Waals surface area contributed by atoms with Crippen molar-refractivity contribution in [1.82, 2.24) is 15.3 Å². The molecule has 1 aliphatic heterocycles. The molecule has 1 fully saturated rings. The van der Waals surface area contributed by atoms with Crippen LogP contribution in [0, 0.1) is 6.92 Å². The van der Waals surface area contributed by atoms with Crippen molar-refractivity contribution in [1.29, 1.82) is 0 Å². The molecular weight excluding hydrogens is 268 g/mol. The highest BCUT2D eigenvalue weighted by Crippen LogP contribution is 2.21. The fourth-order valence-corrected chi connectivity index (χ4v) is 2.47. The van der Waals surface area contributed by atoms with Gasteiger partial charge in [-0.1, -0.05) is 6.92 Å². The third-order valence-electron chi connectivity index (χ3n) is 3.42. The zero-order chi connectivity index (χ0) is 15.1. The van der Waals surface area contributed by atoms with Gasteiger partial charge in [0.25, 0.3) is 0 Å². The second kappa shape index (κ2) is 8.14. The van der Waals surface area contributed by atoms with E-state index in [4.69, 9.17) is 9.47 Å². The van der Waals surface area contributed by atoms with Crippen molar-refractivity contribution in [2.45, 2.75) is 33.2 Å². The predicted octanol–water partition coefficient (Wildman–Crippen LogP) is 1.39. The van der Waals surface area contributed by atoms with E-state index in [2.05, 4.69) is 27.1 Å². The summed E-state index contributed by atoms with van der Waals surface area (Å²) in [6.45, 7) is 10.9. The van der Waals surface area contributed by atoms with Crippen LogP contribution in [0.4, 0.5) is 5.82 Å². The molecule has 6 nitrogen and oxygen atoms in total. The van der Waals surface area contributed by atoms with Gasteiger partial charge in [0.05, 0.1) is 25.9 Å². The van der Waals surface area contributed by atoms with E-state index in [1.54, 1.807) is 0 Å². The number of hydrogen-bond donors (Lipinski definition) is 1. The molecule has 118 valence electrons. The molecule has 0 aromatic carbocycles. The molecule has 6 heteroatoms. The molecule has 2 rings (SSSR count). The highest BCUT2D eigenvalue weighted by Gasteiger charge is 2.24. The van der Waals surface area contributed by atoms with Gasteiger partial charge in [0.2, 0.25) is 5.88 Å². The van der Waals surface area contributed by atoms with Crippen molar-refractivity contribution in [3.05, 3.63) is 11.9 Å². The normalized spacial score (nSPS) is 18.8. The van der Waals surface area contributed by atoms with Crippen LogP contribution in [0.15, 0.2) is 6.07 Å². The number of morpholine rings is 1. The van der Waals surface area contributed by atoms with Crippen molar-refractivity contribution in [2.75, 3.05) is 44.4 Å². The van der Waals surface area contributed by atoms with Crippen molar-refractivity contribution in [2.24, 2.45) is 0 Å². The van der Waals surface area contributed by atoms with Crippen molar-refractivity contribution in [3.8, 4) is 5.88 Å². The smallest absolute Gasteiger partial charge is 0.218 e. The van der Waals surface area contributed by atoms with E-state index in [1.807, 2.05) is 19.9 Å². The standard InChI is InChI=1S/C15H26N4O2/c1-4-6-16-10-13-11-20-8-7-19(13)14-9-15(21-5-2)18-12(3)17-14/h9,13,16H,4-8,10-11H2,1-3H3. The second-order valence-corrected chi connectivity index (χ2v) is 5.17. The Kier molecular flexibility index (Phi) is 6.20. The summed E-state index contributed by atoms with van der Waals surface area (Å²) in [6.07, 6.45) is 1.13. The van der Waals surface area contributed by atoms with Gasteiger partial charge in [-0.3, -0.25) is 0 Å². The molecule has 1 unspecified atom stereocenters. The van der Waals surface area contributed by atoms with Gasteiger partial charge in [-0.25, -0.2) is 4.98 Å². The van der Waals surface area contributed by atoms with Gasteiger partial charge in [0.1, 0.15) is 11.6 Å². The maximum Gasteiger partial charge on any atom is 0.218 e. The van der Waals surface area contributed by atoms with Crippen LogP contribution >= 0.6 is 0 Å². The summed E-state index contributed by atoms with van der Waals surface area (Å²) in [7, 11) is 0. The summed E-state index contributed by atoms with van der Waals surface area (Å²) in [5.74, 6) is 2.31. The maximum absolute atomic E-state index is 5.62. The molecule has 1 aliphatic rings. The lowest BCUT2D eigenvalue weighted by molar-refractivity contribution is 0.0933.